The number of carbonyl (C=O) groups excluding carboxylic acids is 2. The quantitative estimate of drug-likeness (QED) is 0.473. The first-order valence-corrected chi connectivity index (χ1v) is 5.52. The highest BCUT2D eigenvalue weighted by atomic mass is 79.9. The Balaban J connectivity index is 2.39. The molecule has 0 aliphatic rings. The molecule has 0 saturated heterocycles. The first-order valence-electron chi connectivity index (χ1n) is 3.52. The summed E-state index contributed by atoms with van der Waals surface area (Å²) in [5.41, 5.74) is 0. The van der Waals surface area contributed by atoms with Crippen molar-refractivity contribution in [1.29, 1.82) is 0 Å². The van der Waals surface area contributed by atoms with Crippen LogP contribution in [-0.2, 0) is 9.53 Å². The number of esters is 1. The summed E-state index contributed by atoms with van der Waals surface area (Å²) >= 11 is 4.27. The van der Waals surface area contributed by atoms with Crippen LogP contribution >= 0.6 is 27.3 Å². The number of ketones is 1. The van der Waals surface area contributed by atoms with Crippen LogP contribution in [0.2, 0.25) is 0 Å². The van der Waals surface area contributed by atoms with E-state index in [1.807, 2.05) is 0 Å². The van der Waals surface area contributed by atoms with Crippen LogP contribution in [0, 0.1) is 0 Å². The van der Waals surface area contributed by atoms with Crippen LogP contribution in [0.4, 0.5) is 0 Å². The van der Waals surface area contributed by atoms with Crippen LogP contribution in [0.15, 0.2) is 17.5 Å². The molecule has 1 rings (SSSR count). The van der Waals surface area contributed by atoms with Gasteiger partial charge in [-0.2, -0.15) is 0 Å². The van der Waals surface area contributed by atoms with Crippen molar-refractivity contribution in [3.8, 4) is 0 Å². The number of rotatable bonds is 4. The lowest BCUT2D eigenvalue weighted by molar-refractivity contribution is -0.139. The molecule has 0 unspecified atom stereocenters. The molecule has 0 radical (unpaired) electrons. The van der Waals surface area contributed by atoms with Crippen molar-refractivity contribution in [2.24, 2.45) is 0 Å². The van der Waals surface area contributed by atoms with E-state index >= 15 is 0 Å². The number of hydrogen-bond donors (Lipinski definition) is 0. The first-order chi connectivity index (χ1) is 6.24. The number of Topliss-reactive ketones (excluding diaryl/α,β-unsaturated/α-hetero) is 1. The fraction of sp³-hybridized carbons (Fsp3) is 0.250. The molecular formula is C8H7BrO3S. The van der Waals surface area contributed by atoms with Gasteiger partial charge in [-0.05, 0) is 11.4 Å². The molecule has 0 aliphatic carbocycles. The van der Waals surface area contributed by atoms with Gasteiger partial charge in [-0.25, -0.2) is 0 Å². The molecule has 1 heterocycles. The second kappa shape index (κ2) is 5.14. The Bertz CT molecular complexity index is 294. The van der Waals surface area contributed by atoms with Gasteiger partial charge in [-0.15, -0.1) is 11.3 Å². The molecule has 0 atom stereocenters. The molecule has 0 amide bonds. The van der Waals surface area contributed by atoms with Gasteiger partial charge in [0.05, 0.1) is 4.88 Å². The number of halogens is 1. The lowest BCUT2D eigenvalue weighted by Crippen LogP contribution is -2.13. The van der Waals surface area contributed by atoms with E-state index in [9.17, 15) is 9.59 Å². The minimum atomic E-state index is -0.426. The number of hydrogen-bond acceptors (Lipinski definition) is 4. The van der Waals surface area contributed by atoms with Crippen molar-refractivity contribution in [1.82, 2.24) is 0 Å². The summed E-state index contributed by atoms with van der Waals surface area (Å²) in [6, 6.07) is 3.49. The molecule has 0 spiro atoms. The predicted molar refractivity (Wildman–Crippen MR) is 53.4 cm³/mol. The van der Waals surface area contributed by atoms with Gasteiger partial charge >= 0.3 is 5.97 Å². The third-order valence-corrected chi connectivity index (χ3v) is 2.64. The summed E-state index contributed by atoms with van der Waals surface area (Å²) in [7, 11) is 0. The van der Waals surface area contributed by atoms with Gasteiger partial charge in [0.2, 0.25) is 5.78 Å². The monoisotopic (exact) mass is 262 g/mol. The Morgan fingerprint density at radius 1 is 1.54 bits per heavy atom. The molecule has 3 nitrogen and oxygen atoms in total. The van der Waals surface area contributed by atoms with Crippen LogP contribution in [0.3, 0.4) is 0 Å². The second-order valence-corrected chi connectivity index (χ2v) is 3.70. The minimum absolute atomic E-state index is 0.116. The summed E-state index contributed by atoms with van der Waals surface area (Å²) < 4.78 is 4.65. The standard InChI is InChI=1S/C8H7BrO3S/c9-4-8(11)12-5-6(10)7-2-1-3-13-7/h1-3H,4-5H2. The van der Waals surface area contributed by atoms with Crippen LogP contribution in [0.25, 0.3) is 0 Å². The Morgan fingerprint density at radius 2 is 2.31 bits per heavy atom. The van der Waals surface area contributed by atoms with E-state index < -0.39 is 5.97 Å². The van der Waals surface area contributed by atoms with Crippen LogP contribution < -0.4 is 0 Å². The summed E-state index contributed by atoms with van der Waals surface area (Å²) in [6.07, 6.45) is 0. The van der Waals surface area contributed by atoms with Gasteiger partial charge in [0, 0.05) is 0 Å². The highest BCUT2D eigenvalue weighted by Crippen LogP contribution is 2.09. The Hall–Kier alpha value is -0.680. The van der Waals surface area contributed by atoms with Gasteiger partial charge in [0.25, 0.3) is 0 Å². The maximum atomic E-state index is 11.2. The topological polar surface area (TPSA) is 43.4 Å². The molecule has 1 aromatic rings. The van der Waals surface area contributed by atoms with E-state index in [1.165, 1.54) is 11.3 Å². The largest absolute Gasteiger partial charge is 0.457 e. The number of ether oxygens (including phenoxy) is 1. The van der Waals surface area contributed by atoms with E-state index in [4.69, 9.17) is 0 Å². The first kappa shape index (κ1) is 10.4. The Labute approximate surface area is 87.8 Å². The van der Waals surface area contributed by atoms with Crippen molar-refractivity contribution in [2.75, 3.05) is 11.9 Å². The normalized spacial score (nSPS) is 9.62. The van der Waals surface area contributed by atoms with Gasteiger partial charge in [-0.3, -0.25) is 9.59 Å². The molecule has 1 aromatic heterocycles. The SMILES string of the molecule is O=C(CBr)OCC(=O)c1cccs1. The predicted octanol–water partition coefficient (Wildman–Crippen LogP) is 1.87. The molecule has 0 saturated carbocycles. The van der Waals surface area contributed by atoms with Gasteiger partial charge in [0.1, 0.15) is 5.33 Å². The van der Waals surface area contributed by atoms with E-state index in [0.717, 1.165) is 0 Å². The molecule has 70 valence electrons. The maximum absolute atomic E-state index is 11.2. The van der Waals surface area contributed by atoms with Crippen LogP contribution in [0.1, 0.15) is 9.67 Å². The molecule has 5 heteroatoms. The summed E-state index contributed by atoms with van der Waals surface area (Å²) in [4.78, 5) is 22.5. The zero-order chi connectivity index (χ0) is 9.68. The molecule has 0 fully saturated rings. The number of thiophene rings is 1. The summed E-state index contributed by atoms with van der Waals surface area (Å²) in [6.45, 7) is -0.176. The highest BCUT2D eigenvalue weighted by Gasteiger charge is 2.09. The molecule has 0 bridgehead atoms. The average Bonchev–Trinajstić information content (AvgIpc) is 2.66. The summed E-state index contributed by atoms with van der Waals surface area (Å²) in [5, 5.41) is 1.92. The van der Waals surface area contributed by atoms with Crippen molar-refractivity contribution in [3.63, 3.8) is 0 Å². The van der Waals surface area contributed by atoms with Crippen molar-refractivity contribution >= 4 is 39.0 Å². The molecule has 0 aliphatic heterocycles. The van der Waals surface area contributed by atoms with E-state index in [0.29, 0.717) is 4.88 Å². The highest BCUT2D eigenvalue weighted by molar-refractivity contribution is 9.09. The Morgan fingerprint density at radius 3 is 2.85 bits per heavy atom. The zero-order valence-corrected chi connectivity index (χ0v) is 9.06. The van der Waals surface area contributed by atoms with Gasteiger partial charge in [-0.1, -0.05) is 22.0 Å². The van der Waals surface area contributed by atoms with Crippen molar-refractivity contribution in [3.05, 3.63) is 22.4 Å². The number of alkyl halides is 1. The fourth-order valence-electron chi connectivity index (χ4n) is 0.693. The maximum Gasteiger partial charge on any atom is 0.317 e. The second-order valence-electron chi connectivity index (χ2n) is 2.19. The molecular weight excluding hydrogens is 256 g/mol. The van der Waals surface area contributed by atoms with E-state index in [1.54, 1.807) is 17.5 Å². The van der Waals surface area contributed by atoms with Gasteiger partial charge < -0.3 is 4.74 Å². The zero-order valence-electron chi connectivity index (χ0n) is 6.66. The molecule has 13 heavy (non-hydrogen) atoms. The lowest BCUT2D eigenvalue weighted by Gasteiger charge is -1.99. The Kier molecular flexibility index (Phi) is 4.11. The average molecular weight is 263 g/mol. The van der Waals surface area contributed by atoms with Crippen LogP contribution in [-0.4, -0.2) is 23.7 Å². The van der Waals surface area contributed by atoms with Gasteiger partial charge in [0.15, 0.2) is 6.61 Å². The third-order valence-electron chi connectivity index (χ3n) is 1.27. The van der Waals surface area contributed by atoms with Crippen molar-refractivity contribution < 1.29 is 14.3 Å². The van der Waals surface area contributed by atoms with E-state index in [2.05, 4.69) is 20.7 Å². The van der Waals surface area contributed by atoms with Crippen LogP contribution in [0.5, 0.6) is 0 Å². The lowest BCUT2D eigenvalue weighted by atomic mass is 10.3. The smallest absolute Gasteiger partial charge is 0.317 e. The minimum Gasteiger partial charge on any atom is -0.457 e. The van der Waals surface area contributed by atoms with Crippen molar-refractivity contribution in [2.45, 2.75) is 0 Å². The summed E-state index contributed by atoms with van der Waals surface area (Å²) in [5.74, 6) is -0.589. The molecule has 0 aromatic carbocycles. The number of carbonyl (C=O) groups is 2. The fourth-order valence-corrected chi connectivity index (χ4v) is 1.51. The molecule has 0 N–H and O–H groups in total. The van der Waals surface area contributed by atoms with E-state index in [-0.39, 0.29) is 17.7 Å². The third kappa shape index (κ3) is 3.28.